The number of hydrogen-bond acceptors (Lipinski definition) is 3. The zero-order chi connectivity index (χ0) is 12.8. The van der Waals surface area contributed by atoms with E-state index in [1.807, 2.05) is 19.3 Å². The van der Waals surface area contributed by atoms with Crippen LogP contribution in [0.15, 0.2) is 42.7 Å². The van der Waals surface area contributed by atoms with E-state index in [1.165, 1.54) is 11.1 Å². The predicted octanol–water partition coefficient (Wildman–Crippen LogP) is 3.15. The maximum Gasteiger partial charge on any atom is 0.0713 e. The molecule has 18 heavy (non-hydrogen) atoms. The zero-order valence-corrected chi connectivity index (χ0v) is 10.8. The van der Waals surface area contributed by atoms with Gasteiger partial charge in [-0.3, -0.25) is 4.98 Å². The smallest absolute Gasteiger partial charge is 0.0713 e. The molecule has 0 unspecified atom stereocenters. The van der Waals surface area contributed by atoms with Crippen LogP contribution in [0, 0.1) is 6.92 Å². The summed E-state index contributed by atoms with van der Waals surface area (Å²) in [5, 5.41) is 3.36. The number of methoxy groups -OCH3 is 1. The van der Waals surface area contributed by atoms with Crippen molar-refractivity contribution in [2.45, 2.75) is 20.1 Å². The number of nitrogens with zero attached hydrogens (tertiary/aromatic N) is 1. The summed E-state index contributed by atoms with van der Waals surface area (Å²) in [6, 6.07) is 10.5. The molecule has 3 heteroatoms. The third-order valence-electron chi connectivity index (χ3n) is 2.71. The molecular weight excluding hydrogens is 224 g/mol. The van der Waals surface area contributed by atoms with E-state index >= 15 is 0 Å². The van der Waals surface area contributed by atoms with Gasteiger partial charge in [-0.15, -0.1) is 0 Å². The number of ether oxygens (including phenoxy) is 1. The van der Waals surface area contributed by atoms with Crippen LogP contribution in [-0.2, 0) is 17.9 Å². The lowest BCUT2D eigenvalue weighted by atomic mass is 10.1. The Morgan fingerprint density at radius 3 is 2.50 bits per heavy atom. The van der Waals surface area contributed by atoms with Crippen molar-refractivity contribution in [2.24, 2.45) is 0 Å². The molecule has 1 aromatic carbocycles. The Hall–Kier alpha value is -1.87. The van der Waals surface area contributed by atoms with Gasteiger partial charge in [0.1, 0.15) is 0 Å². The molecule has 1 N–H and O–H groups in total. The lowest BCUT2D eigenvalue weighted by Crippen LogP contribution is -2.00. The van der Waals surface area contributed by atoms with Gasteiger partial charge in [0.2, 0.25) is 0 Å². The molecule has 0 aliphatic heterocycles. The normalized spacial score (nSPS) is 10.3. The molecule has 0 bridgehead atoms. The molecule has 0 saturated heterocycles. The Morgan fingerprint density at radius 2 is 1.83 bits per heavy atom. The van der Waals surface area contributed by atoms with E-state index in [9.17, 15) is 0 Å². The second-order valence-electron chi connectivity index (χ2n) is 4.35. The SMILES string of the molecule is COCc1ccc(CNc2cncc(C)c2)cc1. The van der Waals surface area contributed by atoms with Crippen LogP contribution in [0.5, 0.6) is 0 Å². The van der Waals surface area contributed by atoms with Gasteiger partial charge in [-0.2, -0.15) is 0 Å². The number of pyridine rings is 1. The molecule has 0 atom stereocenters. The molecule has 94 valence electrons. The monoisotopic (exact) mass is 242 g/mol. The molecule has 2 aromatic rings. The van der Waals surface area contributed by atoms with E-state index < -0.39 is 0 Å². The second kappa shape index (κ2) is 6.17. The van der Waals surface area contributed by atoms with Crippen LogP contribution in [-0.4, -0.2) is 12.1 Å². The van der Waals surface area contributed by atoms with E-state index in [1.54, 1.807) is 7.11 Å². The summed E-state index contributed by atoms with van der Waals surface area (Å²) in [5.74, 6) is 0. The van der Waals surface area contributed by atoms with Crippen LogP contribution in [0.3, 0.4) is 0 Å². The van der Waals surface area contributed by atoms with Crippen molar-refractivity contribution < 1.29 is 4.74 Å². The van der Waals surface area contributed by atoms with Crippen molar-refractivity contribution in [3.05, 3.63) is 59.4 Å². The molecule has 0 fully saturated rings. The summed E-state index contributed by atoms with van der Waals surface area (Å²) in [5.41, 5.74) is 4.65. The van der Waals surface area contributed by atoms with Gasteiger partial charge in [-0.25, -0.2) is 0 Å². The number of hydrogen-bond donors (Lipinski definition) is 1. The van der Waals surface area contributed by atoms with Gasteiger partial charge >= 0.3 is 0 Å². The maximum absolute atomic E-state index is 5.09. The summed E-state index contributed by atoms with van der Waals surface area (Å²) in [6.07, 6.45) is 3.69. The Kier molecular flexibility index (Phi) is 4.31. The Labute approximate surface area is 108 Å². The zero-order valence-electron chi connectivity index (χ0n) is 10.8. The minimum atomic E-state index is 0.662. The summed E-state index contributed by atoms with van der Waals surface area (Å²) in [7, 11) is 1.71. The largest absolute Gasteiger partial charge is 0.380 e. The van der Waals surface area contributed by atoms with Crippen molar-refractivity contribution in [2.75, 3.05) is 12.4 Å². The number of benzene rings is 1. The Morgan fingerprint density at radius 1 is 1.11 bits per heavy atom. The second-order valence-corrected chi connectivity index (χ2v) is 4.35. The predicted molar refractivity (Wildman–Crippen MR) is 73.5 cm³/mol. The van der Waals surface area contributed by atoms with Gasteiger partial charge in [0.05, 0.1) is 12.3 Å². The third-order valence-corrected chi connectivity index (χ3v) is 2.71. The molecule has 0 amide bonds. The number of anilines is 1. The van der Waals surface area contributed by atoms with E-state index in [2.05, 4.69) is 40.6 Å². The maximum atomic E-state index is 5.09. The van der Waals surface area contributed by atoms with Gasteiger partial charge in [-0.1, -0.05) is 24.3 Å². The van der Waals surface area contributed by atoms with Crippen molar-refractivity contribution >= 4 is 5.69 Å². The fourth-order valence-electron chi connectivity index (χ4n) is 1.78. The van der Waals surface area contributed by atoms with E-state index in [0.717, 1.165) is 17.8 Å². The first-order valence-electron chi connectivity index (χ1n) is 6.00. The molecular formula is C15H18N2O. The highest BCUT2D eigenvalue weighted by Gasteiger charge is 1.96. The lowest BCUT2D eigenvalue weighted by molar-refractivity contribution is 0.185. The van der Waals surface area contributed by atoms with E-state index in [-0.39, 0.29) is 0 Å². The first-order chi connectivity index (χ1) is 8.78. The van der Waals surface area contributed by atoms with Gasteiger partial charge < -0.3 is 10.1 Å². The highest BCUT2D eigenvalue weighted by Crippen LogP contribution is 2.11. The van der Waals surface area contributed by atoms with E-state index in [0.29, 0.717) is 6.61 Å². The van der Waals surface area contributed by atoms with Gasteiger partial charge in [0.25, 0.3) is 0 Å². The first-order valence-corrected chi connectivity index (χ1v) is 6.00. The average molecular weight is 242 g/mol. The lowest BCUT2D eigenvalue weighted by Gasteiger charge is -2.07. The molecule has 0 aliphatic carbocycles. The van der Waals surface area contributed by atoms with Crippen molar-refractivity contribution in [3.63, 3.8) is 0 Å². The number of aryl methyl sites for hydroxylation is 1. The highest BCUT2D eigenvalue weighted by molar-refractivity contribution is 5.43. The summed E-state index contributed by atoms with van der Waals surface area (Å²) in [6.45, 7) is 3.51. The van der Waals surface area contributed by atoms with Crippen molar-refractivity contribution in [3.8, 4) is 0 Å². The molecule has 0 spiro atoms. The van der Waals surface area contributed by atoms with Gasteiger partial charge in [0, 0.05) is 26.0 Å². The third kappa shape index (κ3) is 3.57. The van der Waals surface area contributed by atoms with E-state index in [4.69, 9.17) is 4.74 Å². The van der Waals surface area contributed by atoms with Gasteiger partial charge in [0.15, 0.2) is 0 Å². The number of rotatable bonds is 5. The summed E-state index contributed by atoms with van der Waals surface area (Å²) < 4.78 is 5.09. The summed E-state index contributed by atoms with van der Waals surface area (Å²) in [4.78, 5) is 4.16. The number of aromatic nitrogens is 1. The van der Waals surface area contributed by atoms with Crippen LogP contribution in [0.4, 0.5) is 5.69 Å². The minimum Gasteiger partial charge on any atom is -0.380 e. The Bertz CT molecular complexity index is 494. The van der Waals surface area contributed by atoms with Crippen LogP contribution in [0.2, 0.25) is 0 Å². The van der Waals surface area contributed by atoms with Crippen LogP contribution < -0.4 is 5.32 Å². The fraction of sp³-hybridized carbons (Fsp3) is 0.267. The minimum absolute atomic E-state index is 0.662. The van der Waals surface area contributed by atoms with Crippen LogP contribution in [0.1, 0.15) is 16.7 Å². The molecule has 2 rings (SSSR count). The number of nitrogens with one attached hydrogen (secondary N) is 1. The fourth-order valence-corrected chi connectivity index (χ4v) is 1.78. The molecule has 1 aromatic heterocycles. The average Bonchev–Trinajstić information content (AvgIpc) is 2.38. The first kappa shape index (κ1) is 12.6. The molecule has 1 heterocycles. The van der Waals surface area contributed by atoms with Crippen LogP contribution in [0.25, 0.3) is 0 Å². The topological polar surface area (TPSA) is 34.1 Å². The highest BCUT2D eigenvalue weighted by atomic mass is 16.5. The molecule has 3 nitrogen and oxygen atoms in total. The molecule has 0 aliphatic rings. The standard InChI is InChI=1S/C15H18N2O/c1-12-7-15(10-16-8-12)17-9-13-3-5-14(6-4-13)11-18-2/h3-8,10,17H,9,11H2,1-2H3. The molecule has 0 saturated carbocycles. The molecule has 0 radical (unpaired) electrons. The van der Waals surface area contributed by atoms with Crippen molar-refractivity contribution in [1.29, 1.82) is 0 Å². The van der Waals surface area contributed by atoms with Crippen molar-refractivity contribution in [1.82, 2.24) is 4.98 Å². The summed E-state index contributed by atoms with van der Waals surface area (Å²) >= 11 is 0. The Balaban J connectivity index is 1.93. The van der Waals surface area contributed by atoms with Gasteiger partial charge in [-0.05, 0) is 29.7 Å². The van der Waals surface area contributed by atoms with Crippen LogP contribution >= 0.6 is 0 Å². The quantitative estimate of drug-likeness (QED) is 0.874.